The second-order valence-corrected chi connectivity index (χ2v) is 5.16. The van der Waals surface area contributed by atoms with Crippen LogP contribution < -0.4 is 5.32 Å². The zero-order valence-corrected chi connectivity index (χ0v) is 12.6. The molecule has 0 radical (unpaired) electrons. The molecule has 112 valence electrons. The lowest BCUT2D eigenvalue weighted by atomic mass is 10.4. The molecular formula is C11H13BrN6O3. The second kappa shape index (κ2) is 6.97. The number of nitro groups is 1. The molecule has 0 aliphatic heterocycles. The van der Waals surface area contributed by atoms with E-state index < -0.39 is 4.92 Å². The highest BCUT2D eigenvalue weighted by molar-refractivity contribution is 9.10. The van der Waals surface area contributed by atoms with E-state index in [2.05, 4.69) is 31.4 Å². The van der Waals surface area contributed by atoms with Crippen LogP contribution in [0.25, 0.3) is 0 Å². The molecule has 0 fully saturated rings. The van der Waals surface area contributed by atoms with E-state index in [0.29, 0.717) is 19.6 Å². The number of hydrogen-bond acceptors (Lipinski definition) is 5. The molecule has 1 N–H and O–H groups in total. The van der Waals surface area contributed by atoms with E-state index in [1.165, 1.54) is 10.9 Å². The van der Waals surface area contributed by atoms with Crippen molar-refractivity contribution in [3.05, 3.63) is 39.4 Å². The molecule has 10 heteroatoms. The number of halogens is 1. The molecule has 0 aliphatic rings. The topological polar surface area (TPSA) is 108 Å². The third-order valence-corrected chi connectivity index (χ3v) is 3.07. The summed E-state index contributed by atoms with van der Waals surface area (Å²) in [6.45, 7) is 1.34. The Morgan fingerprint density at radius 1 is 1.29 bits per heavy atom. The Bertz CT molecular complexity index is 637. The van der Waals surface area contributed by atoms with Crippen LogP contribution in [0.4, 0.5) is 5.69 Å². The van der Waals surface area contributed by atoms with Gasteiger partial charge in [-0.1, -0.05) is 0 Å². The highest BCUT2D eigenvalue weighted by Crippen LogP contribution is 2.08. The predicted octanol–water partition coefficient (Wildman–Crippen LogP) is 0.957. The third-order valence-electron chi connectivity index (χ3n) is 2.66. The number of hydrogen-bond donors (Lipinski definition) is 1. The molecule has 1 amide bonds. The highest BCUT2D eigenvalue weighted by atomic mass is 79.9. The Hall–Kier alpha value is -2.23. The summed E-state index contributed by atoms with van der Waals surface area (Å²) in [6, 6.07) is 0. The summed E-state index contributed by atoms with van der Waals surface area (Å²) in [5.74, 6) is -0.139. The normalized spacial score (nSPS) is 10.5. The first-order chi connectivity index (χ1) is 10.0. The average Bonchev–Trinajstić information content (AvgIpc) is 3.05. The van der Waals surface area contributed by atoms with Crippen LogP contribution in [-0.2, 0) is 17.9 Å². The zero-order valence-electron chi connectivity index (χ0n) is 11.0. The largest absolute Gasteiger partial charge is 0.354 e. The summed E-state index contributed by atoms with van der Waals surface area (Å²) in [4.78, 5) is 21.6. The lowest BCUT2D eigenvalue weighted by Gasteiger charge is -2.05. The highest BCUT2D eigenvalue weighted by Gasteiger charge is 2.09. The molecule has 2 rings (SSSR count). The standard InChI is InChI=1S/C11H13BrN6O3/c12-9-5-14-17(7-9)4-2-13-11(19)1-3-16-8-10(6-15-16)18(20)21/h5-8H,1-4H2,(H,13,19). The number of nitrogens with zero attached hydrogens (tertiary/aromatic N) is 5. The van der Waals surface area contributed by atoms with Crippen LogP contribution in [0.15, 0.2) is 29.3 Å². The van der Waals surface area contributed by atoms with E-state index in [9.17, 15) is 14.9 Å². The quantitative estimate of drug-likeness (QED) is 0.587. The molecule has 2 heterocycles. The summed E-state index contributed by atoms with van der Waals surface area (Å²) in [5, 5.41) is 21.1. The zero-order chi connectivity index (χ0) is 15.2. The van der Waals surface area contributed by atoms with Gasteiger partial charge in [0, 0.05) is 25.7 Å². The molecule has 0 bridgehead atoms. The molecule has 2 aromatic heterocycles. The minimum absolute atomic E-state index is 0.0836. The SMILES string of the molecule is O=C(CCn1cc([N+](=O)[O-])cn1)NCCn1cc(Br)cn1. The van der Waals surface area contributed by atoms with Crippen molar-refractivity contribution in [1.29, 1.82) is 0 Å². The third kappa shape index (κ3) is 4.67. The average molecular weight is 357 g/mol. The lowest BCUT2D eigenvalue weighted by molar-refractivity contribution is -0.385. The summed E-state index contributed by atoms with van der Waals surface area (Å²) in [6.07, 6.45) is 6.16. The van der Waals surface area contributed by atoms with Crippen molar-refractivity contribution in [3.63, 3.8) is 0 Å². The molecule has 0 atom stereocenters. The Balaban J connectivity index is 1.68. The summed E-state index contributed by atoms with van der Waals surface area (Å²) in [5.41, 5.74) is -0.0836. The smallest absolute Gasteiger partial charge is 0.306 e. The Morgan fingerprint density at radius 2 is 2.00 bits per heavy atom. The van der Waals surface area contributed by atoms with Crippen LogP contribution in [-0.4, -0.2) is 36.9 Å². The van der Waals surface area contributed by atoms with Crippen molar-refractivity contribution < 1.29 is 9.72 Å². The van der Waals surface area contributed by atoms with Crippen LogP contribution in [0.2, 0.25) is 0 Å². The van der Waals surface area contributed by atoms with Gasteiger partial charge in [0.2, 0.25) is 5.91 Å². The van der Waals surface area contributed by atoms with Crippen molar-refractivity contribution in [3.8, 4) is 0 Å². The maximum atomic E-state index is 11.6. The lowest BCUT2D eigenvalue weighted by Crippen LogP contribution is -2.28. The fourth-order valence-electron chi connectivity index (χ4n) is 1.64. The van der Waals surface area contributed by atoms with Crippen LogP contribution in [0.5, 0.6) is 0 Å². The Labute approximate surface area is 128 Å². The van der Waals surface area contributed by atoms with Gasteiger partial charge in [-0.05, 0) is 15.9 Å². The van der Waals surface area contributed by atoms with E-state index in [0.717, 1.165) is 10.7 Å². The van der Waals surface area contributed by atoms with E-state index in [-0.39, 0.29) is 18.0 Å². The monoisotopic (exact) mass is 356 g/mol. The summed E-state index contributed by atoms with van der Waals surface area (Å²) in [7, 11) is 0. The van der Waals surface area contributed by atoms with Crippen molar-refractivity contribution in [1.82, 2.24) is 24.9 Å². The predicted molar refractivity (Wildman–Crippen MR) is 76.4 cm³/mol. The van der Waals surface area contributed by atoms with Gasteiger partial charge < -0.3 is 5.32 Å². The minimum Gasteiger partial charge on any atom is -0.354 e. The number of aromatic nitrogens is 4. The summed E-state index contributed by atoms with van der Waals surface area (Å²) < 4.78 is 3.97. The minimum atomic E-state index is -0.522. The molecule has 0 saturated carbocycles. The van der Waals surface area contributed by atoms with Gasteiger partial charge in [0.15, 0.2) is 0 Å². The number of amides is 1. The van der Waals surface area contributed by atoms with E-state index >= 15 is 0 Å². The summed E-state index contributed by atoms with van der Waals surface area (Å²) >= 11 is 3.29. The van der Waals surface area contributed by atoms with Crippen molar-refractivity contribution in [2.75, 3.05) is 6.54 Å². The number of rotatable bonds is 7. The van der Waals surface area contributed by atoms with E-state index in [1.807, 2.05) is 6.20 Å². The van der Waals surface area contributed by atoms with Crippen LogP contribution in [0.1, 0.15) is 6.42 Å². The van der Waals surface area contributed by atoms with Crippen molar-refractivity contribution in [2.45, 2.75) is 19.5 Å². The molecule has 0 unspecified atom stereocenters. The molecular weight excluding hydrogens is 344 g/mol. The van der Waals surface area contributed by atoms with Gasteiger partial charge >= 0.3 is 5.69 Å². The molecule has 9 nitrogen and oxygen atoms in total. The van der Waals surface area contributed by atoms with Gasteiger partial charge in [-0.3, -0.25) is 24.3 Å². The molecule has 0 saturated heterocycles. The second-order valence-electron chi connectivity index (χ2n) is 4.24. The first-order valence-electron chi connectivity index (χ1n) is 6.16. The van der Waals surface area contributed by atoms with Crippen LogP contribution in [0, 0.1) is 10.1 Å². The molecule has 0 aliphatic carbocycles. The van der Waals surface area contributed by atoms with Gasteiger partial charge in [0.05, 0.1) is 22.1 Å². The fourth-order valence-corrected chi connectivity index (χ4v) is 1.97. The van der Waals surface area contributed by atoms with Gasteiger partial charge in [-0.15, -0.1) is 0 Å². The van der Waals surface area contributed by atoms with Gasteiger partial charge in [0.1, 0.15) is 12.4 Å². The van der Waals surface area contributed by atoms with Crippen LogP contribution >= 0.6 is 15.9 Å². The fraction of sp³-hybridized carbons (Fsp3) is 0.364. The number of carbonyl (C=O) groups is 1. The van der Waals surface area contributed by atoms with Crippen molar-refractivity contribution in [2.24, 2.45) is 0 Å². The number of aryl methyl sites for hydroxylation is 1. The van der Waals surface area contributed by atoms with E-state index in [4.69, 9.17) is 0 Å². The molecule has 21 heavy (non-hydrogen) atoms. The van der Waals surface area contributed by atoms with Gasteiger partial charge in [-0.25, -0.2) is 0 Å². The number of nitrogens with one attached hydrogen (secondary N) is 1. The maximum Gasteiger partial charge on any atom is 0.306 e. The van der Waals surface area contributed by atoms with Crippen LogP contribution in [0.3, 0.4) is 0 Å². The molecule has 0 aromatic carbocycles. The maximum absolute atomic E-state index is 11.6. The Morgan fingerprint density at radius 3 is 2.62 bits per heavy atom. The first-order valence-corrected chi connectivity index (χ1v) is 6.95. The Kier molecular flexibility index (Phi) is 5.04. The number of carbonyl (C=O) groups excluding carboxylic acids is 1. The molecule has 2 aromatic rings. The van der Waals surface area contributed by atoms with Crippen molar-refractivity contribution >= 4 is 27.5 Å². The van der Waals surface area contributed by atoms with Gasteiger partial charge in [0.25, 0.3) is 0 Å². The van der Waals surface area contributed by atoms with Gasteiger partial charge in [-0.2, -0.15) is 10.2 Å². The first kappa shape index (κ1) is 15.2. The molecule has 0 spiro atoms. The van der Waals surface area contributed by atoms with E-state index in [1.54, 1.807) is 10.9 Å².